The number of nitriles is 1. The number of carbonyl (C=O) groups is 3. The first-order chi connectivity index (χ1) is 14.9. The molecule has 8 heteroatoms. The Morgan fingerprint density at radius 1 is 1.13 bits per heavy atom. The molecule has 2 aromatic carbocycles. The number of ether oxygens (including phenoxy) is 1. The van der Waals surface area contributed by atoms with Crippen molar-refractivity contribution in [2.45, 2.75) is 12.3 Å². The minimum Gasteiger partial charge on any atom is -0.436 e. The molecule has 1 aliphatic carbocycles. The second-order valence-corrected chi connectivity index (χ2v) is 8.24. The highest BCUT2D eigenvalue weighted by Crippen LogP contribution is 2.56. The molecule has 1 atom stereocenters. The molecule has 1 unspecified atom stereocenters. The Balaban J connectivity index is 1.94. The molecule has 0 radical (unpaired) electrons. The molecule has 0 saturated carbocycles. The maximum atomic E-state index is 13.9. The number of benzene rings is 2. The Hall–Kier alpha value is -3.70. The van der Waals surface area contributed by atoms with Crippen LogP contribution in [0.4, 0.5) is 5.69 Å². The van der Waals surface area contributed by atoms with Gasteiger partial charge in [-0.25, -0.2) is 0 Å². The van der Waals surface area contributed by atoms with E-state index < -0.39 is 22.9 Å². The second-order valence-electron chi connectivity index (χ2n) is 7.32. The average Bonchev–Trinajstić information content (AvgIpc) is 3.00. The lowest BCUT2D eigenvalue weighted by Gasteiger charge is -2.37. The molecule has 7 nitrogen and oxygen atoms in total. The van der Waals surface area contributed by atoms with Crippen LogP contribution in [0.2, 0.25) is 0 Å². The van der Waals surface area contributed by atoms with Crippen molar-refractivity contribution in [3.8, 4) is 6.07 Å². The minimum absolute atomic E-state index is 0.159. The highest BCUT2D eigenvalue weighted by Gasteiger charge is 2.63. The number of fused-ring (bicyclic) bond motifs is 4. The van der Waals surface area contributed by atoms with Gasteiger partial charge in [0.15, 0.2) is 11.5 Å². The van der Waals surface area contributed by atoms with Gasteiger partial charge in [0.25, 0.3) is 0 Å². The van der Waals surface area contributed by atoms with Crippen LogP contribution in [0.3, 0.4) is 0 Å². The maximum absolute atomic E-state index is 13.9. The van der Waals surface area contributed by atoms with Gasteiger partial charge in [0, 0.05) is 33.4 Å². The molecular weight excluding hydrogens is 462 g/mol. The summed E-state index contributed by atoms with van der Waals surface area (Å²) in [6, 6.07) is 13.5. The van der Waals surface area contributed by atoms with Crippen molar-refractivity contribution >= 4 is 39.1 Å². The van der Waals surface area contributed by atoms with Crippen LogP contribution in [0.5, 0.6) is 0 Å². The van der Waals surface area contributed by atoms with Crippen molar-refractivity contribution < 1.29 is 19.1 Å². The summed E-state index contributed by atoms with van der Waals surface area (Å²) in [4.78, 5) is 42.4. The van der Waals surface area contributed by atoms with Crippen LogP contribution in [0.15, 0.2) is 69.7 Å². The highest BCUT2D eigenvalue weighted by atomic mass is 79.9. The summed E-state index contributed by atoms with van der Waals surface area (Å²) in [5.41, 5.74) is 5.13. The normalized spacial score (nSPS) is 21.7. The lowest BCUT2D eigenvalue weighted by atomic mass is 9.64. The zero-order valence-corrected chi connectivity index (χ0v) is 17.8. The standard InChI is InChI=1S/C23H14BrN3O4/c1-2-27-16-8-7-11(24)9-14(16)23(22(27)30)15(10-25)21(26)31-20-17(23)18(28)12-5-3-4-6-13(12)19(20)29/h3-9H,2,26H2,1H3. The molecule has 2 heterocycles. The van der Waals surface area contributed by atoms with E-state index in [9.17, 15) is 19.6 Å². The predicted octanol–water partition coefficient (Wildman–Crippen LogP) is 3.11. The molecule has 152 valence electrons. The lowest BCUT2D eigenvalue weighted by molar-refractivity contribution is -0.121. The summed E-state index contributed by atoms with van der Waals surface area (Å²) in [5.74, 6) is -2.28. The smallest absolute Gasteiger partial charge is 0.247 e. The summed E-state index contributed by atoms with van der Waals surface area (Å²) in [7, 11) is 0. The van der Waals surface area contributed by atoms with E-state index in [0.29, 0.717) is 22.3 Å². The first-order valence-corrected chi connectivity index (χ1v) is 10.3. The molecular formula is C23H14BrN3O4. The van der Waals surface area contributed by atoms with E-state index in [1.807, 2.05) is 6.07 Å². The van der Waals surface area contributed by atoms with Gasteiger partial charge in [0.1, 0.15) is 17.1 Å². The molecule has 5 rings (SSSR count). The molecule has 3 aliphatic rings. The third-order valence-electron chi connectivity index (χ3n) is 5.93. The second kappa shape index (κ2) is 6.40. The van der Waals surface area contributed by atoms with E-state index in [0.717, 1.165) is 0 Å². The molecule has 1 amide bonds. The SMILES string of the molecule is CCN1C(=O)C2(C(C#N)=C(N)OC3=C2C(=O)c2ccccc2C3=O)c2cc(Br)ccc21. The molecule has 2 N–H and O–H groups in total. The first-order valence-electron chi connectivity index (χ1n) is 9.51. The molecule has 0 fully saturated rings. The predicted molar refractivity (Wildman–Crippen MR) is 114 cm³/mol. The molecule has 31 heavy (non-hydrogen) atoms. The molecule has 0 aromatic heterocycles. The van der Waals surface area contributed by atoms with Crippen LogP contribution < -0.4 is 10.6 Å². The Labute approximate surface area is 185 Å². The van der Waals surface area contributed by atoms with Gasteiger partial charge in [0.05, 0.1) is 5.57 Å². The Morgan fingerprint density at radius 2 is 1.81 bits per heavy atom. The monoisotopic (exact) mass is 475 g/mol. The van der Waals surface area contributed by atoms with Gasteiger partial charge in [-0.1, -0.05) is 40.2 Å². The van der Waals surface area contributed by atoms with Crippen molar-refractivity contribution in [2.75, 3.05) is 11.4 Å². The van der Waals surface area contributed by atoms with Gasteiger partial charge in [-0.05, 0) is 25.1 Å². The summed E-state index contributed by atoms with van der Waals surface area (Å²) in [6.07, 6.45) is 0. The van der Waals surface area contributed by atoms with Crippen LogP contribution in [0, 0.1) is 11.3 Å². The van der Waals surface area contributed by atoms with Crippen molar-refractivity contribution in [1.29, 1.82) is 5.26 Å². The number of amides is 1. The van der Waals surface area contributed by atoms with Crippen LogP contribution in [-0.4, -0.2) is 24.0 Å². The summed E-state index contributed by atoms with van der Waals surface area (Å²) in [6.45, 7) is 2.09. The zero-order chi connectivity index (χ0) is 22.1. The molecule has 1 spiro atoms. The summed E-state index contributed by atoms with van der Waals surface area (Å²) in [5, 5.41) is 10.0. The molecule has 2 aromatic rings. The lowest BCUT2D eigenvalue weighted by Crippen LogP contribution is -2.50. The number of anilines is 1. The quantitative estimate of drug-likeness (QED) is 0.677. The van der Waals surface area contributed by atoms with Crippen LogP contribution in [-0.2, 0) is 14.9 Å². The van der Waals surface area contributed by atoms with Crippen molar-refractivity contribution in [1.82, 2.24) is 0 Å². The van der Waals surface area contributed by atoms with Crippen molar-refractivity contribution in [3.05, 3.63) is 86.4 Å². The van der Waals surface area contributed by atoms with Crippen LogP contribution >= 0.6 is 15.9 Å². The zero-order valence-electron chi connectivity index (χ0n) is 16.2. The van der Waals surface area contributed by atoms with Crippen molar-refractivity contribution in [3.63, 3.8) is 0 Å². The Bertz CT molecular complexity index is 1350. The van der Waals surface area contributed by atoms with Crippen LogP contribution in [0.1, 0.15) is 33.2 Å². The third-order valence-corrected chi connectivity index (χ3v) is 6.43. The number of likely N-dealkylation sites (N-methyl/N-ethyl adjacent to an activating group) is 1. The maximum Gasteiger partial charge on any atom is 0.247 e. The van der Waals surface area contributed by atoms with Gasteiger partial charge in [-0.15, -0.1) is 0 Å². The van der Waals surface area contributed by atoms with E-state index in [2.05, 4.69) is 15.9 Å². The van der Waals surface area contributed by atoms with E-state index in [4.69, 9.17) is 10.5 Å². The fourth-order valence-corrected chi connectivity index (χ4v) is 5.03. The fourth-order valence-electron chi connectivity index (χ4n) is 4.67. The summed E-state index contributed by atoms with van der Waals surface area (Å²) < 4.78 is 6.19. The fraction of sp³-hybridized carbons (Fsp3) is 0.130. The van der Waals surface area contributed by atoms with Gasteiger partial charge in [-0.3, -0.25) is 14.4 Å². The number of rotatable bonds is 1. The number of halogens is 1. The van der Waals surface area contributed by atoms with Gasteiger partial charge in [0.2, 0.25) is 17.6 Å². The minimum atomic E-state index is -1.86. The molecule has 2 aliphatic heterocycles. The van der Waals surface area contributed by atoms with Gasteiger partial charge in [-0.2, -0.15) is 5.26 Å². The van der Waals surface area contributed by atoms with E-state index in [1.54, 1.807) is 37.3 Å². The van der Waals surface area contributed by atoms with Gasteiger partial charge < -0.3 is 15.4 Å². The number of allylic oxidation sites excluding steroid dienone is 1. The average molecular weight is 476 g/mol. The number of nitrogens with two attached hydrogens (primary N) is 1. The first kappa shape index (κ1) is 19.3. The largest absolute Gasteiger partial charge is 0.436 e. The number of hydrogen-bond donors (Lipinski definition) is 1. The number of nitrogens with zero attached hydrogens (tertiary/aromatic N) is 2. The molecule has 0 bridgehead atoms. The van der Waals surface area contributed by atoms with Crippen LogP contribution in [0.25, 0.3) is 0 Å². The number of Topliss-reactive ketones (excluding diaryl/α,β-unsaturated/α-hetero) is 2. The third kappa shape index (κ3) is 2.19. The number of hydrogen-bond acceptors (Lipinski definition) is 6. The topological polar surface area (TPSA) is 113 Å². The van der Waals surface area contributed by atoms with Crippen molar-refractivity contribution in [2.24, 2.45) is 5.73 Å². The van der Waals surface area contributed by atoms with Gasteiger partial charge >= 0.3 is 0 Å². The van der Waals surface area contributed by atoms with E-state index in [-0.39, 0.29) is 33.9 Å². The Morgan fingerprint density at radius 3 is 2.45 bits per heavy atom. The molecule has 0 saturated heterocycles. The number of ketones is 2. The summed E-state index contributed by atoms with van der Waals surface area (Å²) >= 11 is 3.42. The van der Waals surface area contributed by atoms with E-state index >= 15 is 0 Å². The number of carbonyl (C=O) groups excluding carboxylic acids is 3. The highest BCUT2D eigenvalue weighted by molar-refractivity contribution is 9.10. The van der Waals surface area contributed by atoms with E-state index in [1.165, 1.54) is 17.0 Å². The Kier molecular flexibility index (Phi) is 3.98.